The summed E-state index contributed by atoms with van der Waals surface area (Å²) in [5.74, 6) is -0.799. The molecule has 19 heavy (non-hydrogen) atoms. The van der Waals surface area contributed by atoms with E-state index in [0.717, 1.165) is 12.1 Å². The number of halogens is 5. The zero-order valence-corrected chi connectivity index (χ0v) is 11.2. The number of anilines is 1. The normalized spacial score (nSPS) is 13.2. The third kappa shape index (κ3) is 4.66. The van der Waals surface area contributed by atoms with Crippen LogP contribution in [-0.4, -0.2) is 17.1 Å². The van der Waals surface area contributed by atoms with E-state index in [1.807, 2.05) is 0 Å². The number of benzene rings is 1. The van der Waals surface area contributed by atoms with Crippen LogP contribution in [0.15, 0.2) is 16.6 Å². The summed E-state index contributed by atoms with van der Waals surface area (Å²) in [4.78, 5) is 9.95. The third-order valence-corrected chi connectivity index (χ3v) is 2.78. The van der Waals surface area contributed by atoms with E-state index in [1.54, 1.807) is 0 Å². The number of nitrogens with zero attached hydrogens (tertiary/aromatic N) is 1. The number of hydrogen-bond acceptors (Lipinski definition) is 3. The van der Waals surface area contributed by atoms with Gasteiger partial charge >= 0.3 is 6.18 Å². The minimum Gasteiger partial charge on any atom is -0.377 e. The van der Waals surface area contributed by atoms with Crippen LogP contribution < -0.4 is 5.32 Å². The van der Waals surface area contributed by atoms with Gasteiger partial charge < -0.3 is 5.32 Å². The van der Waals surface area contributed by atoms with Crippen LogP contribution in [0.4, 0.5) is 28.9 Å². The van der Waals surface area contributed by atoms with Crippen LogP contribution in [0.5, 0.6) is 0 Å². The molecule has 0 fully saturated rings. The van der Waals surface area contributed by atoms with E-state index in [-0.39, 0.29) is 10.2 Å². The highest BCUT2D eigenvalue weighted by atomic mass is 79.9. The summed E-state index contributed by atoms with van der Waals surface area (Å²) in [5, 5.41) is 13.0. The third-order valence-electron chi connectivity index (χ3n) is 2.17. The fourth-order valence-corrected chi connectivity index (χ4v) is 1.80. The van der Waals surface area contributed by atoms with Crippen molar-refractivity contribution in [2.24, 2.45) is 0 Å². The van der Waals surface area contributed by atoms with Crippen LogP contribution in [0.25, 0.3) is 0 Å². The number of hydrogen-bond donors (Lipinski definition) is 1. The topological polar surface area (TPSA) is 55.2 Å². The first-order chi connectivity index (χ1) is 8.60. The van der Waals surface area contributed by atoms with Crippen LogP contribution in [0.3, 0.4) is 0 Å². The smallest absolute Gasteiger partial charge is 0.377 e. The molecule has 0 saturated carbocycles. The van der Waals surface area contributed by atoms with Gasteiger partial charge in [0.25, 0.3) is 5.69 Å². The van der Waals surface area contributed by atoms with Gasteiger partial charge in [-0.3, -0.25) is 10.1 Å². The van der Waals surface area contributed by atoms with Crippen molar-refractivity contribution in [1.82, 2.24) is 0 Å². The summed E-state index contributed by atoms with van der Waals surface area (Å²) < 4.78 is 49.6. The molecule has 0 aliphatic rings. The van der Waals surface area contributed by atoms with Gasteiger partial charge in [0.2, 0.25) is 0 Å². The number of alkyl halides is 3. The molecule has 9 heteroatoms. The molecule has 0 saturated heterocycles. The first-order valence-corrected chi connectivity index (χ1v) is 5.86. The lowest BCUT2D eigenvalue weighted by atomic mass is 10.2. The number of nitro groups is 1. The molecule has 0 radical (unpaired) electrons. The molecule has 1 atom stereocenters. The van der Waals surface area contributed by atoms with E-state index >= 15 is 0 Å². The minimum absolute atomic E-state index is 0.131. The van der Waals surface area contributed by atoms with Crippen molar-refractivity contribution in [2.45, 2.75) is 25.6 Å². The van der Waals surface area contributed by atoms with Gasteiger partial charge in [0.15, 0.2) is 0 Å². The SMILES string of the molecule is CC(CC(F)(F)F)Nc1cc(F)c(Br)cc1[N+](=O)[O-]. The summed E-state index contributed by atoms with van der Waals surface area (Å²) in [5.41, 5.74) is -0.787. The van der Waals surface area contributed by atoms with Crippen molar-refractivity contribution in [3.63, 3.8) is 0 Å². The Labute approximate surface area is 114 Å². The monoisotopic (exact) mass is 344 g/mol. The predicted octanol–water partition coefficient (Wildman–Crippen LogP) is 4.25. The van der Waals surface area contributed by atoms with Gasteiger partial charge in [-0.1, -0.05) is 0 Å². The summed E-state index contributed by atoms with van der Waals surface area (Å²) >= 11 is 2.78. The lowest BCUT2D eigenvalue weighted by Gasteiger charge is -2.17. The zero-order chi connectivity index (χ0) is 14.8. The maximum Gasteiger partial charge on any atom is 0.391 e. The molecule has 1 aromatic carbocycles. The van der Waals surface area contributed by atoms with Gasteiger partial charge in [-0.05, 0) is 22.9 Å². The van der Waals surface area contributed by atoms with Gasteiger partial charge in [-0.2, -0.15) is 13.2 Å². The van der Waals surface area contributed by atoms with Crippen molar-refractivity contribution >= 4 is 27.3 Å². The molecule has 0 bridgehead atoms. The summed E-state index contributed by atoms with van der Waals surface area (Å²) in [7, 11) is 0. The molecule has 0 aliphatic heterocycles. The predicted molar refractivity (Wildman–Crippen MR) is 64.5 cm³/mol. The Kier molecular flexibility index (Phi) is 4.72. The van der Waals surface area contributed by atoms with Gasteiger partial charge in [-0.25, -0.2) is 4.39 Å². The molecule has 106 valence electrons. The Morgan fingerprint density at radius 3 is 2.53 bits per heavy atom. The molecule has 1 unspecified atom stereocenters. The maximum atomic E-state index is 13.3. The Morgan fingerprint density at radius 1 is 1.47 bits per heavy atom. The molecule has 0 aromatic heterocycles. The highest BCUT2D eigenvalue weighted by Gasteiger charge is 2.31. The quantitative estimate of drug-likeness (QED) is 0.504. The molecule has 0 heterocycles. The highest BCUT2D eigenvalue weighted by molar-refractivity contribution is 9.10. The Hall–Kier alpha value is -1.38. The molecular weight excluding hydrogens is 336 g/mol. The van der Waals surface area contributed by atoms with Gasteiger partial charge in [0.1, 0.15) is 11.5 Å². The van der Waals surface area contributed by atoms with Crippen LogP contribution in [0, 0.1) is 15.9 Å². The molecular formula is C10H9BrF4N2O2. The van der Waals surface area contributed by atoms with Crippen molar-refractivity contribution in [2.75, 3.05) is 5.32 Å². The number of nitro benzene ring substituents is 1. The fraction of sp³-hybridized carbons (Fsp3) is 0.400. The average Bonchev–Trinajstić information content (AvgIpc) is 2.19. The van der Waals surface area contributed by atoms with E-state index in [9.17, 15) is 27.7 Å². The second-order valence-electron chi connectivity index (χ2n) is 3.91. The Balaban J connectivity index is 3.00. The van der Waals surface area contributed by atoms with E-state index < -0.39 is 35.1 Å². The molecule has 1 aromatic rings. The highest BCUT2D eigenvalue weighted by Crippen LogP contribution is 2.32. The van der Waals surface area contributed by atoms with Gasteiger partial charge in [-0.15, -0.1) is 0 Å². The largest absolute Gasteiger partial charge is 0.391 e. The van der Waals surface area contributed by atoms with Crippen molar-refractivity contribution in [3.05, 3.63) is 32.5 Å². The lowest BCUT2D eigenvalue weighted by molar-refractivity contribution is -0.384. The van der Waals surface area contributed by atoms with E-state index in [2.05, 4.69) is 21.2 Å². The van der Waals surface area contributed by atoms with Crippen LogP contribution in [-0.2, 0) is 0 Å². The first-order valence-electron chi connectivity index (χ1n) is 5.07. The summed E-state index contributed by atoms with van der Waals surface area (Å²) in [6.07, 6.45) is -5.59. The maximum absolute atomic E-state index is 13.3. The Morgan fingerprint density at radius 2 is 2.05 bits per heavy atom. The van der Waals surface area contributed by atoms with Crippen molar-refractivity contribution in [3.8, 4) is 0 Å². The fourth-order valence-electron chi connectivity index (χ4n) is 1.47. The Bertz CT molecular complexity index is 493. The number of nitrogens with one attached hydrogen (secondary N) is 1. The molecule has 0 aliphatic carbocycles. The lowest BCUT2D eigenvalue weighted by Crippen LogP contribution is -2.24. The zero-order valence-electron chi connectivity index (χ0n) is 9.59. The van der Waals surface area contributed by atoms with E-state index in [0.29, 0.717) is 0 Å². The second-order valence-corrected chi connectivity index (χ2v) is 4.76. The van der Waals surface area contributed by atoms with Crippen molar-refractivity contribution in [1.29, 1.82) is 0 Å². The van der Waals surface area contributed by atoms with E-state index in [1.165, 1.54) is 6.92 Å². The van der Waals surface area contributed by atoms with Crippen molar-refractivity contribution < 1.29 is 22.5 Å². The molecule has 1 rings (SSSR count). The van der Waals surface area contributed by atoms with Crippen LogP contribution >= 0.6 is 15.9 Å². The second kappa shape index (κ2) is 5.72. The van der Waals surface area contributed by atoms with Gasteiger partial charge in [0.05, 0.1) is 15.8 Å². The van der Waals surface area contributed by atoms with E-state index in [4.69, 9.17) is 0 Å². The minimum atomic E-state index is -4.41. The van der Waals surface area contributed by atoms with Gasteiger partial charge in [0, 0.05) is 18.2 Å². The molecule has 1 N–H and O–H groups in total. The standard InChI is InChI=1S/C10H9BrF4N2O2/c1-5(4-10(13,14)15)16-8-3-7(12)6(11)2-9(8)17(18)19/h2-3,5,16H,4H2,1H3. The van der Waals surface area contributed by atoms with Crippen LogP contribution in [0.1, 0.15) is 13.3 Å². The first kappa shape index (κ1) is 15.7. The van der Waals surface area contributed by atoms with Crippen LogP contribution in [0.2, 0.25) is 0 Å². The summed E-state index contributed by atoms with van der Waals surface area (Å²) in [6.45, 7) is 1.21. The number of rotatable bonds is 4. The summed E-state index contributed by atoms with van der Waals surface area (Å²) in [6, 6.07) is 0.576. The molecule has 0 spiro atoms. The molecule has 4 nitrogen and oxygen atoms in total. The molecule has 0 amide bonds. The average molecular weight is 345 g/mol.